The average Bonchev–Trinajstić information content (AvgIpc) is 2.77. The van der Waals surface area contributed by atoms with Crippen molar-refractivity contribution in [1.29, 1.82) is 0 Å². The predicted octanol–water partition coefficient (Wildman–Crippen LogP) is 3.28. The second-order valence-corrected chi connectivity index (χ2v) is 10.2. The summed E-state index contributed by atoms with van der Waals surface area (Å²) in [5, 5.41) is 3.30. The Kier molecular flexibility index (Phi) is 7.35. The fourth-order valence-electron chi connectivity index (χ4n) is 3.34. The standard InChI is InChI=1S/C24H28N4O4S/c1-18(2)28(21-12-10-20(11-13-21)25-19-8-6-5-7-9-19)24(30)17-27-16-22(14-15-23(27)29)33(31,32)26(3)4/h5-16,18,25H,17H2,1-4H3. The number of para-hydroxylation sites is 1. The lowest BCUT2D eigenvalue weighted by molar-refractivity contribution is -0.119. The van der Waals surface area contributed by atoms with Gasteiger partial charge in [-0.1, -0.05) is 18.2 Å². The van der Waals surface area contributed by atoms with Gasteiger partial charge in [-0.3, -0.25) is 9.59 Å². The van der Waals surface area contributed by atoms with Gasteiger partial charge in [0.1, 0.15) is 6.54 Å². The Labute approximate surface area is 194 Å². The van der Waals surface area contributed by atoms with Gasteiger partial charge in [-0.25, -0.2) is 12.7 Å². The average molecular weight is 469 g/mol. The number of hydrogen-bond donors (Lipinski definition) is 1. The molecule has 33 heavy (non-hydrogen) atoms. The highest BCUT2D eigenvalue weighted by Gasteiger charge is 2.22. The molecule has 1 aromatic heterocycles. The van der Waals surface area contributed by atoms with E-state index in [0.29, 0.717) is 5.69 Å². The molecule has 3 aromatic rings. The lowest BCUT2D eigenvalue weighted by Gasteiger charge is -2.27. The van der Waals surface area contributed by atoms with E-state index in [1.165, 1.54) is 26.4 Å². The number of carbonyl (C=O) groups excluding carboxylic acids is 1. The molecule has 1 heterocycles. The third-order valence-electron chi connectivity index (χ3n) is 5.03. The molecule has 1 N–H and O–H groups in total. The van der Waals surface area contributed by atoms with E-state index in [1.54, 1.807) is 4.90 Å². The van der Waals surface area contributed by atoms with Crippen molar-refractivity contribution in [3.05, 3.63) is 83.3 Å². The molecule has 8 nitrogen and oxygen atoms in total. The van der Waals surface area contributed by atoms with Crippen LogP contribution >= 0.6 is 0 Å². The summed E-state index contributed by atoms with van der Waals surface area (Å²) in [4.78, 5) is 27.0. The Bertz CT molecular complexity index is 1270. The lowest BCUT2D eigenvalue weighted by Crippen LogP contribution is -2.41. The van der Waals surface area contributed by atoms with Crippen LogP contribution in [0.3, 0.4) is 0 Å². The van der Waals surface area contributed by atoms with Crippen molar-refractivity contribution in [3.8, 4) is 0 Å². The number of carbonyl (C=O) groups is 1. The molecule has 0 aliphatic heterocycles. The van der Waals surface area contributed by atoms with Crippen molar-refractivity contribution >= 4 is 33.0 Å². The Morgan fingerprint density at radius 1 is 0.939 bits per heavy atom. The molecule has 0 spiro atoms. The normalized spacial score (nSPS) is 11.6. The van der Waals surface area contributed by atoms with E-state index >= 15 is 0 Å². The maximum Gasteiger partial charge on any atom is 0.251 e. The van der Waals surface area contributed by atoms with E-state index in [1.807, 2.05) is 68.4 Å². The van der Waals surface area contributed by atoms with Crippen LogP contribution in [0.15, 0.2) is 82.6 Å². The number of hydrogen-bond acceptors (Lipinski definition) is 5. The minimum absolute atomic E-state index is 0.0488. The molecule has 0 saturated carbocycles. The van der Waals surface area contributed by atoms with Crippen LogP contribution in [0.1, 0.15) is 13.8 Å². The molecule has 0 unspecified atom stereocenters. The van der Waals surface area contributed by atoms with Gasteiger partial charge >= 0.3 is 0 Å². The number of sulfonamides is 1. The minimum atomic E-state index is -3.73. The fourth-order valence-corrected chi connectivity index (χ4v) is 4.26. The molecule has 0 bridgehead atoms. The monoisotopic (exact) mass is 468 g/mol. The molecule has 9 heteroatoms. The number of rotatable bonds is 8. The molecule has 0 aliphatic rings. The maximum atomic E-state index is 13.2. The van der Waals surface area contributed by atoms with Crippen LogP contribution in [-0.4, -0.2) is 43.3 Å². The second-order valence-electron chi connectivity index (χ2n) is 8.01. The number of pyridine rings is 1. The number of aromatic nitrogens is 1. The van der Waals surface area contributed by atoms with Crippen molar-refractivity contribution in [2.45, 2.75) is 31.3 Å². The third kappa shape index (κ3) is 5.68. The summed E-state index contributed by atoms with van der Waals surface area (Å²) in [6.07, 6.45) is 1.21. The SMILES string of the molecule is CC(C)N(C(=O)Cn1cc(S(=O)(=O)N(C)C)ccc1=O)c1ccc(Nc2ccccc2)cc1. The molecule has 0 aliphatic carbocycles. The molecule has 0 radical (unpaired) electrons. The van der Waals surface area contributed by atoms with Gasteiger partial charge < -0.3 is 14.8 Å². The highest BCUT2D eigenvalue weighted by atomic mass is 32.2. The van der Waals surface area contributed by atoms with Gasteiger partial charge in [0.2, 0.25) is 15.9 Å². The number of benzene rings is 2. The summed E-state index contributed by atoms with van der Waals surface area (Å²) in [7, 11) is -0.911. The van der Waals surface area contributed by atoms with E-state index < -0.39 is 15.6 Å². The Morgan fingerprint density at radius 2 is 1.55 bits per heavy atom. The number of anilines is 3. The zero-order valence-electron chi connectivity index (χ0n) is 19.1. The zero-order chi connectivity index (χ0) is 24.2. The number of nitrogens with zero attached hydrogens (tertiary/aromatic N) is 3. The topological polar surface area (TPSA) is 91.7 Å². The first kappa shape index (κ1) is 24.2. The Morgan fingerprint density at radius 3 is 2.12 bits per heavy atom. The zero-order valence-corrected chi connectivity index (χ0v) is 19.9. The van der Waals surface area contributed by atoms with E-state index in [0.717, 1.165) is 26.3 Å². The van der Waals surface area contributed by atoms with Crippen LogP contribution in [0.4, 0.5) is 17.1 Å². The summed E-state index contributed by atoms with van der Waals surface area (Å²) < 4.78 is 27.0. The van der Waals surface area contributed by atoms with Crippen LogP contribution in [0.25, 0.3) is 0 Å². The molecule has 0 fully saturated rings. The van der Waals surface area contributed by atoms with Crippen molar-refractivity contribution in [2.75, 3.05) is 24.3 Å². The lowest BCUT2D eigenvalue weighted by atomic mass is 10.2. The number of nitrogens with one attached hydrogen (secondary N) is 1. The van der Waals surface area contributed by atoms with Crippen LogP contribution in [0.5, 0.6) is 0 Å². The van der Waals surface area contributed by atoms with Crippen molar-refractivity contribution in [2.24, 2.45) is 0 Å². The molecule has 0 saturated heterocycles. The molecule has 2 aromatic carbocycles. The van der Waals surface area contributed by atoms with Crippen LogP contribution in [0.2, 0.25) is 0 Å². The summed E-state index contributed by atoms with van der Waals surface area (Å²) in [6.45, 7) is 3.48. The first-order valence-corrected chi connectivity index (χ1v) is 11.9. The van der Waals surface area contributed by atoms with Gasteiger partial charge in [0.25, 0.3) is 5.56 Å². The van der Waals surface area contributed by atoms with Crippen LogP contribution in [-0.2, 0) is 21.4 Å². The Balaban J connectivity index is 1.83. The third-order valence-corrected chi connectivity index (χ3v) is 6.83. The molecule has 1 amide bonds. The molecule has 3 rings (SSSR count). The van der Waals surface area contributed by atoms with Gasteiger partial charge in [-0.2, -0.15) is 0 Å². The summed E-state index contributed by atoms with van der Waals surface area (Å²) in [6, 6.07) is 19.4. The van der Waals surface area contributed by atoms with Gasteiger partial charge in [0, 0.05) is 49.5 Å². The van der Waals surface area contributed by atoms with Gasteiger partial charge in [-0.15, -0.1) is 0 Å². The molecule has 174 valence electrons. The first-order chi connectivity index (χ1) is 15.6. The largest absolute Gasteiger partial charge is 0.356 e. The molecule has 0 atom stereocenters. The molecular formula is C24H28N4O4S. The highest BCUT2D eigenvalue weighted by molar-refractivity contribution is 7.89. The van der Waals surface area contributed by atoms with Gasteiger partial charge in [-0.05, 0) is 56.3 Å². The van der Waals surface area contributed by atoms with Crippen LogP contribution < -0.4 is 15.8 Å². The van der Waals surface area contributed by atoms with Gasteiger partial charge in [0.15, 0.2) is 0 Å². The highest BCUT2D eigenvalue weighted by Crippen LogP contribution is 2.23. The minimum Gasteiger partial charge on any atom is -0.356 e. The second kappa shape index (κ2) is 10.0. The van der Waals surface area contributed by atoms with E-state index in [9.17, 15) is 18.0 Å². The van der Waals surface area contributed by atoms with Gasteiger partial charge in [0.05, 0.1) is 4.90 Å². The quantitative estimate of drug-likeness (QED) is 0.548. The van der Waals surface area contributed by atoms with Crippen molar-refractivity contribution in [3.63, 3.8) is 0 Å². The van der Waals surface area contributed by atoms with E-state index in [-0.39, 0.29) is 23.4 Å². The summed E-state index contributed by atoms with van der Waals surface area (Å²) in [5.41, 5.74) is 2.05. The van der Waals surface area contributed by atoms with Crippen molar-refractivity contribution < 1.29 is 13.2 Å². The van der Waals surface area contributed by atoms with E-state index in [4.69, 9.17) is 0 Å². The van der Waals surface area contributed by atoms with E-state index in [2.05, 4.69) is 5.32 Å². The van der Waals surface area contributed by atoms with Crippen molar-refractivity contribution in [1.82, 2.24) is 8.87 Å². The number of amides is 1. The maximum absolute atomic E-state index is 13.2. The fraction of sp³-hybridized carbons (Fsp3) is 0.250. The first-order valence-electron chi connectivity index (χ1n) is 10.5. The predicted molar refractivity (Wildman–Crippen MR) is 130 cm³/mol. The van der Waals surface area contributed by atoms with Crippen LogP contribution in [0, 0.1) is 0 Å². The summed E-state index contributed by atoms with van der Waals surface area (Å²) >= 11 is 0. The Hall–Kier alpha value is -3.43. The molecular weight excluding hydrogens is 440 g/mol. The summed E-state index contributed by atoms with van der Waals surface area (Å²) in [5.74, 6) is -0.324. The smallest absolute Gasteiger partial charge is 0.251 e.